The Balaban J connectivity index is 1.97. The lowest BCUT2D eigenvalue weighted by Gasteiger charge is -1.96. The summed E-state index contributed by atoms with van der Waals surface area (Å²) in [6.07, 6.45) is 0. The van der Waals surface area contributed by atoms with Crippen LogP contribution in [0.3, 0.4) is 0 Å². The number of fused-ring (bicyclic) bond motifs is 1. The molecule has 0 radical (unpaired) electrons. The minimum Gasteiger partial charge on any atom is -0.186 e. The molecule has 0 bridgehead atoms. The van der Waals surface area contributed by atoms with Crippen LogP contribution in [0.2, 0.25) is 0 Å². The topological polar surface area (TPSA) is 43.1 Å². The lowest BCUT2D eigenvalue weighted by molar-refractivity contribution is 0.887. The van der Waals surface area contributed by atoms with Gasteiger partial charge in [-0.25, -0.2) is 0 Å². The lowest BCUT2D eigenvalue weighted by atomic mass is 10.2. The molecule has 2 aromatic heterocycles. The van der Waals surface area contributed by atoms with Crippen molar-refractivity contribution in [3.63, 3.8) is 0 Å². The fourth-order valence-corrected chi connectivity index (χ4v) is 3.44. The van der Waals surface area contributed by atoms with Gasteiger partial charge in [-0.05, 0) is 40.5 Å². The lowest BCUT2D eigenvalue weighted by Crippen LogP contribution is -1.94. The first-order valence-electron chi connectivity index (χ1n) is 5.82. The predicted molar refractivity (Wildman–Crippen MR) is 88.6 cm³/mol. The molecule has 0 saturated heterocycles. The van der Waals surface area contributed by atoms with E-state index < -0.39 is 0 Å². The summed E-state index contributed by atoms with van der Waals surface area (Å²) < 4.78 is 3.09. The van der Waals surface area contributed by atoms with E-state index in [1.807, 2.05) is 16.3 Å². The highest BCUT2D eigenvalue weighted by Crippen LogP contribution is 2.26. The summed E-state index contributed by atoms with van der Waals surface area (Å²) in [4.78, 5) is 0.861. The van der Waals surface area contributed by atoms with E-state index in [0.29, 0.717) is 0 Å². The number of benzene rings is 1. The number of nitrogens with zero attached hydrogens (tertiary/aromatic N) is 4. The van der Waals surface area contributed by atoms with Crippen LogP contribution >= 0.6 is 45.7 Å². The van der Waals surface area contributed by atoms with Crippen molar-refractivity contribution in [3.8, 4) is 10.6 Å². The fraction of sp³-hybridized carbons (Fsp3) is 0.250. The molecule has 2 heterocycles. The molecule has 0 aliphatic rings. The molecule has 0 aliphatic heterocycles. The van der Waals surface area contributed by atoms with Gasteiger partial charge in [-0.3, -0.25) is 0 Å². The highest BCUT2D eigenvalue weighted by atomic mass is 127. The van der Waals surface area contributed by atoms with Gasteiger partial charge in [0.05, 0.1) is 5.75 Å². The minimum absolute atomic E-state index is 0.855. The van der Waals surface area contributed by atoms with Crippen molar-refractivity contribution in [3.05, 3.63) is 33.7 Å². The molecule has 3 aromatic rings. The van der Waals surface area contributed by atoms with Gasteiger partial charge in [0.2, 0.25) is 4.96 Å². The summed E-state index contributed by atoms with van der Waals surface area (Å²) in [7, 11) is 0. The molecule has 0 aliphatic carbocycles. The van der Waals surface area contributed by atoms with Gasteiger partial charge in [-0.15, -0.1) is 10.2 Å². The summed E-state index contributed by atoms with van der Waals surface area (Å²) in [6.45, 7) is 2.14. The second kappa shape index (κ2) is 5.76. The smallest absolute Gasteiger partial charge is 0.186 e. The zero-order chi connectivity index (χ0) is 13.2. The molecule has 3 rings (SSSR count). The Morgan fingerprint density at radius 2 is 2.05 bits per heavy atom. The van der Waals surface area contributed by atoms with Crippen molar-refractivity contribution in [1.82, 2.24) is 19.8 Å². The van der Waals surface area contributed by atoms with Gasteiger partial charge >= 0.3 is 0 Å². The van der Waals surface area contributed by atoms with Gasteiger partial charge in [-0.2, -0.15) is 21.4 Å². The third-order valence-electron chi connectivity index (χ3n) is 2.58. The van der Waals surface area contributed by atoms with Crippen LogP contribution < -0.4 is 0 Å². The zero-order valence-corrected chi connectivity index (χ0v) is 14.0. The van der Waals surface area contributed by atoms with Crippen LogP contribution in [0, 0.1) is 3.57 Å². The van der Waals surface area contributed by atoms with Crippen molar-refractivity contribution in [2.75, 3.05) is 5.75 Å². The number of halogens is 1. The van der Waals surface area contributed by atoms with Gasteiger partial charge in [0.25, 0.3) is 0 Å². The molecule has 98 valence electrons. The number of rotatable bonds is 4. The fourth-order valence-electron chi connectivity index (χ4n) is 1.65. The first-order valence-corrected chi connectivity index (χ1v) is 8.87. The van der Waals surface area contributed by atoms with Crippen LogP contribution in [-0.2, 0) is 5.75 Å². The number of hydrogen-bond donors (Lipinski definition) is 0. The molecule has 0 saturated carbocycles. The maximum absolute atomic E-state index is 4.62. The van der Waals surface area contributed by atoms with E-state index in [1.165, 1.54) is 3.57 Å². The first-order chi connectivity index (χ1) is 9.28. The average Bonchev–Trinajstić information content (AvgIpc) is 2.98. The summed E-state index contributed by atoms with van der Waals surface area (Å²) in [5.41, 5.74) is 1.13. The van der Waals surface area contributed by atoms with E-state index in [1.54, 1.807) is 11.3 Å². The molecular formula is C12H11IN4S2. The maximum Gasteiger partial charge on any atom is 0.235 e. The summed E-state index contributed by atoms with van der Waals surface area (Å²) >= 11 is 5.71. The Bertz CT molecular complexity index is 689. The highest BCUT2D eigenvalue weighted by molar-refractivity contribution is 14.1. The van der Waals surface area contributed by atoms with Crippen LogP contribution in [0.4, 0.5) is 0 Å². The minimum atomic E-state index is 0.855. The predicted octanol–water partition coefficient (Wildman–Crippen LogP) is 3.71. The molecule has 0 atom stereocenters. The van der Waals surface area contributed by atoms with Gasteiger partial charge < -0.3 is 0 Å². The Labute approximate surface area is 132 Å². The molecular weight excluding hydrogens is 391 g/mol. The molecule has 0 spiro atoms. The summed E-state index contributed by atoms with van der Waals surface area (Å²) in [5, 5.41) is 14.0. The Kier molecular flexibility index (Phi) is 4.04. The normalized spacial score (nSPS) is 11.3. The van der Waals surface area contributed by atoms with Crippen molar-refractivity contribution in [2.24, 2.45) is 0 Å². The van der Waals surface area contributed by atoms with E-state index in [9.17, 15) is 0 Å². The van der Waals surface area contributed by atoms with Crippen molar-refractivity contribution in [1.29, 1.82) is 0 Å². The maximum atomic E-state index is 4.62. The van der Waals surface area contributed by atoms with Crippen molar-refractivity contribution < 1.29 is 0 Å². The van der Waals surface area contributed by atoms with Gasteiger partial charge in [0, 0.05) is 9.13 Å². The zero-order valence-electron chi connectivity index (χ0n) is 10.2. The van der Waals surface area contributed by atoms with E-state index in [-0.39, 0.29) is 0 Å². The SMILES string of the molecule is CCSCc1nnc2sc(-c3ccc(I)cc3)nn12. The summed E-state index contributed by atoms with van der Waals surface area (Å²) in [6, 6.07) is 8.36. The highest BCUT2D eigenvalue weighted by Gasteiger charge is 2.12. The molecule has 0 amide bonds. The molecule has 7 heteroatoms. The van der Waals surface area contributed by atoms with Crippen molar-refractivity contribution >= 4 is 50.7 Å². The van der Waals surface area contributed by atoms with Gasteiger partial charge in [0.1, 0.15) is 5.01 Å². The van der Waals surface area contributed by atoms with Crippen LogP contribution in [0.15, 0.2) is 24.3 Å². The third-order valence-corrected chi connectivity index (χ3v) is 5.12. The third kappa shape index (κ3) is 2.77. The average molecular weight is 402 g/mol. The number of hydrogen-bond acceptors (Lipinski definition) is 5. The van der Waals surface area contributed by atoms with Gasteiger partial charge in [0.15, 0.2) is 5.82 Å². The molecule has 0 fully saturated rings. The Morgan fingerprint density at radius 3 is 2.79 bits per heavy atom. The van der Waals surface area contributed by atoms with E-state index in [2.05, 4.69) is 69.1 Å². The number of aromatic nitrogens is 4. The molecule has 19 heavy (non-hydrogen) atoms. The van der Waals surface area contributed by atoms with E-state index >= 15 is 0 Å². The first kappa shape index (κ1) is 13.3. The van der Waals surface area contributed by atoms with Crippen molar-refractivity contribution in [2.45, 2.75) is 12.7 Å². The van der Waals surface area contributed by atoms with E-state index in [4.69, 9.17) is 0 Å². The molecule has 0 unspecified atom stereocenters. The molecule has 4 nitrogen and oxygen atoms in total. The van der Waals surface area contributed by atoms with Gasteiger partial charge in [-0.1, -0.05) is 30.4 Å². The number of thioether (sulfide) groups is 1. The largest absolute Gasteiger partial charge is 0.235 e. The quantitative estimate of drug-likeness (QED) is 0.624. The van der Waals surface area contributed by atoms with E-state index in [0.717, 1.165) is 32.9 Å². The monoisotopic (exact) mass is 402 g/mol. The molecule has 1 aromatic carbocycles. The Morgan fingerprint density at radius 1 is 1.26 bits per heavy atom. The van der Waals surface area contributed by atoms with Crippen LogP contribution in [0.25, 0.3) is 15.5 Å². The standard InChI is InChI=1S/C12H11IN4S2/c1-2-18-7-10-14-15-12-17(10)16-11(19-12)8-3-5-9(13)6-4-8/h3-6H,2,7H2,1H3. The van der Waals surface area contributed by atoms with Crippen LogP contribution in [-0.4, -0.2) is 25.6 Å². The second-order valence-electron chi connectivity index (χ2n) is 3.86. The molecule has 0 N–H and O–H groups in total. The Hall–Kier alpha value is -0.670. The second-order valence-corrected chi connectivity index (χ2v) is 7.34. The van der Waals surface area contributed by atoms with Crippen LogP contribution in [0.5, 0.6) is 0 Å². The van der Waals surface area contributed by atoms with Crippen LogP contribution in [0.1, 0.15) is 12.7 Å². The summed E-state index contributed by atoms with van der Waals surface area (Å²) in [5.74, 6) is 2.85.